The minimum atomic E-state index is -3.79. The highest BCUT2D eigenvalue weighted by molar-refractivity contribution is 7.98. The Morgan fingerprint density at radius 1 is 1.18 bits per heavy atom. The minimum absolute atomic E-state index is 0.130. The van der Waals surface area contributed by atoms with E-state index < -0.39 is 25.1 Å². The molecule has 120 valence electrons. The first-order valence-corrected chi connectivity index (χ1v) is 9.96. The second-order valence-electron chi connectivity index (χ2n) is 5.14. The predicted octanol–water partition coefficient (Wildman–Crippen LogP) is 0.112. The zero-order chi connectivity index (χ0) is 15.8. The van der Waals surface area contributed by atoms with Gasteiger partial charge in [0.05, 0.1) is 0 Å². The predicted molar refractivity (Wildman–Crippen MR) is 83.2 cm³/mol. The summed E-state index contributed by atoms with van der Waals surface area (Å²) >= 11 is 0. The number of dihydropyridines is 1. The number of rotatable bonds is 2. The first kappa shape index (κ1) is 15.2. The summed E-state index contributed by atoms with van der Waals surface area (Å²) in [7, 11) is -7.52. The van der Waals surface area contributed by atoms with Gasteiger partial charge in [0.1, 0.15) is 5.25 Å². The van der Waals surface area contributed by atoms with E-state index >= 15 is 0 Å². The van der Waals surface area contributed by atoms with E-state index in [1.54, 1.807) is 12.3 Å². The van der Waals surface area contributed by atoms with Crippen molar-refractivity contribution in [2.45, 2.75) is 18.1 Å². The SMILES string of the molecule is O=S1(=O)C(N2CCC=CS2(=O)=O)=CNCC1C1=CCC=CN1. The summed E-state index contributed by atoms with van der Waals surface area (Å²) in [6.45, 7) is 0.340. The van der Waals surface area contributed by atoms with Crippen LogP contribution in [0.25, 0.3) is 0 Å². The molecule has 0 bridgehead atoms. The topological polar surface area (TPSA) is 95.6 Å². The Kier molecular flexibility index (Phi) is 3.77. The van der Waals surface area contributed by atoms with Gasteiger partial charge >= 0.3 is 0 Å². The van der Waals surface area contributed by atoms with E-state index in [1.165, 1.54) is 12.3 Å². The largest absolute Gasteiger partial charge is 0.387 e. The molecule has 0 saturated heterocycles. The average Bonchev–Trinajstić information content (AvgIpc) is 2.48. The molecular weight excluding hydrogens is 326 g/mol. The van der Waals surface area contributed by atoms with E-state index in [1.807, 2.05) is 6.08 Å². The van der Waals surface area contributed by atoms with Crippen molar-refractivity contribution in [2.24, 2.45) is 0 Å². The molecule has 0 aromatic rings. The van der Waals surface area contributed by atoms with Crippen LogP contribution in [0, 0.1) is 0 Å². The molecule has 1 atom stereocenters. The van der Waals surface area contributed by atoms with E-state index in [-0.39, 0.29) is 18.1 Å². The zero-order valence-electron chi connectivity index (χ0n) is 11.8. The second-order valence-corrected chi connectivity index (χ2v) is 8.96. The molecule has 3 aliphatic heterocycles. The van der Waals surface area contributed by atoms with Crippen molar-refractivity contribution in [3.05, 3.63) is 46.8 Å². The molecule has 0 amide bonds. The summed E-state index contributed by atoms with van der Waals surface area (Å²) in [4.78, 5) is 0. The van der Waals surface area contributed by atoms with Crippen LogP contribution in [0.3, 0.4) is 0 Å². The van der Waals surface area contributed by atoms with Gasteiger partial charge in [-0.3, -0.25) is 4.31 Å². The van der Waals surface area contributed by atoms with E-state index in [0.29, 0.717) is 18.5 Å². The molecule has 22 heavy (non-hydrogen) atoms. The summed E-state index contributed by atoms with van der Waals surface area (Å²) in [5.74, 6) is 0. The molecule has 9 heteroatoms. The van der Waals surface area contributed by atoms with Gasteiger partial charge in [-0.2, -0.15) is 0 Å². The number of hydrogen-bond acceptors (Lipinski definition) is 6. The highest BCUT2D eigenvalue weighted by atomic mass is 32.2. The highest BCUT2D eigenvalue weighted by Gasteiger charge is 2.41. The van der Waals surface area contributed by atoms with E-state index in [9.17, 15) is 16.8 Å². The molecule has 3 aliphatic rings. The van der Waals surface area contributed by atoms with Crippen LogP contribution in [0.4, 0.5) is 0 Å². The molecule has 7 nitrogen and oxygen atoms in total. The minimum Gasteiger partial charge on any atom is -0.387 e. The number of allylic oxidation sites excluding steroid dienone is 2. The van der Waals surface area contributed by atoms with Gasteiger partial charge in [-0.25, -0.2) is 16.8 Å². The Morgan fingerprint density at radius 3 is 2.68 bits per heavy atom. The lowest BCUT2D eigenvalue weighted by atomic mass is 10.2. The van der Waals surface area contributed by atoms with Crippen molar-refractivity contribution in [3.8, 4) is 0 Å². The Labute approximate surface area is 130 Å². The Hall–Kier alpha value is -1.74. The van der Waals surface area contributed by atoms with Gasteiger partial charge in [-0.05, 0) is 19.0 Å². The molecule has 2 N–H and O–H groups in total. The lowest BCUT2D eigenvalue weighted by Crippen LogP contribution is -2.47. The van der Waals surface area contributed by atoms with Crippen molar-refractivity contribution in [1.29, 1.82) is 0 Å². The second kappa shape index (κ2) is 5.47. The van der Waals surface area contributed by atoms with Crippen LogP contribution in [0.15, 0.2) is 46.8 Å². The molecule has 0 aliphatic carbocycles. The lowest BCUT2D eigenvalue weighted by molar-refractivity contribution is 0.481. The summed E-state index contributed by atoms with van der Waals surface area (Å²) in [5.41, 5.74) is 0.575. The summed E-state index contributed by atoms with van der Waals surface area (Å²) in [6, 6.07) is 0. The fraction of sp³-hybridized carbons (Fsp3) is 0.385. The summed E-state index contributed by atoms with van der Waals surface area (Å²) < 4.78 is 50.9. The van der Waals surface area contributed by atoms with E-state index in [4.69, 9.17) is 0 Å². The van der Waals surface area contributed by atoms with Crippen LogP contribution >= 0.6 is 0 Å². The molecule has 0 radical (unpaired) electrons. The zero-order valence-corrected chi connectivity index (χ0v) is 13.4. The monoisotopic (exact) mass is 343 g/mol. The van der Waals surface area contributed by atoms with Crippen molar-refractivity contribution in [1.82, 2.24) is 14.9 Å². The third-order valence-corrected chi connectivity index (χ3v) is 7.44. The maximum absolute atomic E-state index is 12.9. The van der Waals surface area contributed by atoms with Crippen LogP contribution in [-0.4, -0.2) is 39.5 Å². The first-order valence-electron chi connectivity index (χ1n) is 6.91. The fourth-order valence-corrected chi connectivity index (χ4v) is 6.14. The fourth-order valence-electron chi connectivity index (χ4n) is 2.60. The highest BCUT2D eigenvalue weighted by Crippen LogP contribution is 2.29. The van der Waals surface area contributed by atoms with Crippen LogP contribution in [0.2, 0.25) is 0 Å². The Bertz CT molecular complexity index is 791. The number of nitrogens with zero attached hydrogens (tertiary/aromatic N) is 1. The quantitative estimate of drug-likeness (QED) is 0.739. The van der Waals surface area contributed by atoms with E-state index in [2.05, 4.69) is 10.6 Å². The molecule has 0 aromatic carbocycles. The maximum atomic E-state index is 12.9. The average molecular weight is 343 g/mol. The van der Waals surface area contributed by atoms with Crippen LogP contribution in [0.5, 0.6) is 0 Å². The summed E-state index contributed by atoms with van der Waals surface area (Å²) in [6.07, 6.45) is 9.33. The molecular formula is C13H17N3O4S2. The maximum Gasteiger partial charge on any atom is 0.257 e. The third kappa shape index (κ3) is 2.54. The van der Waals surface area contributed by atoms with Crippen LogP contribution in [0.1, 0.15) is 12.8 Å². The molecule has 0 spiro atoms. The Morgan fingerprint density at radius 2 is 2.00 bits per heavy atom. The molecule has 3 heterocycles. The summed E-state index contributed by atoms with van der Waals surface area (Å²) in [5, 5.41) is 5.88. The van der Waals surface area contributed by atoms with Gasteiger partial charge in [0.25, 0.3) is 10.0 Å². The van der Waals surface area contributed by atoms with Gasteiger partial charge in [-0.15, -0.1) is 0 Å². The molecule has 0 saturated carbocycles. The number of sulfone groups is 1. The van der Waals surface area contributed by atoms with Gasteiger partial charge in [0.15, 0.2) is 5.03 Å². The molecule has 0 aromatic heterocycles. The van der Waals surface area contributed by atoms with Crippen molar-refractivity contribution in [2.75, 3.05) is 13.1 Å². The third-order valence-electron chi connectivity index (χ3n) is 3.70. The Balaban J connectivity index is 1.98. The molecule has 1 unspecified atom stereocenters. The number of hydrogen-bond donors (Lipinski definition) is 2. The van der Waals surface area contributed by atoms with Gasteiger partial charge in [0.2, 0.25) is 9.84 Å². The lowest BCUT2D eigenvalue weighted by Gasteiger charge is -2.33. The van der Waals surface area contributed by atoms with Gasteiger partial charge in [-0.1, -0.05) is 18.2 Å². The number of nitrogens with one attached hydrogen (secondary N) is 2. The normalized spacial score (nSPS) is 29.1. The van der Waals surface area contributed by atoms with E-state index in [0.717, 1.165) is 9.71 Å². The smallest absolute Gasteiger partial charge is 0.257 e. The van der Waals surface area contributed by atoms with Crippen LogP contribution in [-0.2, 0) is 19.9 Å². The van der Waals surface area contributed by atoms with Gasteiger partial charge < -0.3 is 10.6 Å². The van der Waals surface area contributed by atoms with Crippen molar-refractivity contribution in [3.63, 3.8) is 0 Å². The standard InChI is InChI=1S/C13H17N3O4S2/c17-21(18)8-4-3-7-16(21)13-10-14-9-12(22(13,19)20)11-5-1-2-6-15-11/h2,4-6,8,10,12,14-15H,1,3,7,9H2. The molecule has 0 fully saturated rings. The number of sulfonamides is 1. The van der Waals surface area contributed by atoms with Crippen molar-refractivity contribution < 1.29 is 16.8 Å². The van der Waals surface area contributed by atoms with Crippen LogP contribution < -0.4 is 10.6 Å². The van der Waals surface area contributed by atoms with Gasteiger partial charge in [0, 0.05) is 30.4 Å². The first-order chi connectivity index (χ1) is 10.4. The molecule has 3 rings (SSSR count). The van der Waals surface area contributed by atoms with Crippen molar-refractivity contribution >= 4 is 19.9 Å².